The predicted octanol–water partition coefficient (Wildman–Crippen LogP) is 3.70. The van der Waals surface area contributed by atoms with Crippen LogP contribution in [-0.2, 0) is 10.0 Å². The lowest BCUT2D eigenvalue weighted by Crippen LogP contribution is -2.29. The van der Waals surface area contributed by atoms with Gasteiger partial charge in [0.05, 0.1) is 4.90 Å². The number of aromatic nitrogens is 1. The second kappa shape index (κ2) is 9.70. The Morgan fingerprint density at radius 2 is 1.65 bits per heavy atom. The van der Waals surface area contributed by atoms with Crippen molar-refractivity contribution in [2.24, 2.45) is 0 Å². The zero-order chi connectivity index (χ0) is 24.3. The lowest BCUT2D eigenvalue weighted by molar-refractivity contribution is 0.0963. The Kier molecular flexibility index (Phi) is 6.72. The van der Waals surface area contributed by atoms with Crippen LogP contribution >= 0.6 is 0 Å². The van der Waals surface area contributed by atoms with Crippen molar-refractivity contribution in [2.45, 2.75) is 10.8 Å². The van der Waals surface area contributed by atoms with Crippen LogP contribution < -0.4 is 14.9 Å². The highest BCUT2D eigenvalue weighted by Crippen LogP contribution is 2.31. The fraction of sp³-hybridized carbons (Fsp3) is 0.192. The van der Waals surface area contributed by atoms with Crippen LogP contribution in [0.4, 0.5) is 5.69 Å². The molecule has 1 atom stereocenters. The first-order chi connectivity index (χ1) is 16.3. The van der Waals surface area contributed by atoms with Gasteiger partial charge in [-0.15, -0.1) is 0 Å². The van der Waals surface area contributed by atoms with E-state index in [1.165, 1.54) is 31.3 Å². The van der Waals surface area contributed by atoms with Crippen molar-refractivity contribution in [1.82, 2.24) is 15.0 Å². The number of amides is 1. The number of anilines is 1. The number of nitrogens with one attached hydrogen (secondary N) is 3. The van der Waals surface area contributed by atoms with Crippen LogP contribution in [0.1, 0.15) is 27.4 Å². The van der Waals surface area contributed by atoms with Gasteiger partial charge in [0.1, 0.15) is 0 Å². The number of hydrogen-bond donors (Lipinski definition) is 3. The fourth-order valence-corrected chi connectivity index (χ4v) is 5.05. The van der Waals surface area contributed by atoms with Crippen molar-refractivity contribution in [2.75, 3.05) is 32.6 Å². The summed E-state index contributed by atoms with van der Waals surface area (Å²) in [5, 5.41) is 3.58. The highest BCUT2D eigenvalue weighted by Gasteiger charge is 2.22. The predicted molar refractivity (Wildman–Crippen MR) is 136 cm³/mol. The maximum absolute atomic E-state index is 13.1. The minimum absolute atomic E-state index is 0.112. The molecule has 1 heterocycles. The molecule has 34 heavy (non-hydrogen) atoms. The number of carbonyl (C=O) groups excluding carboxylic acids is 1. The zero-order valence-corrected chi connectivity index (χ0v) is 20.2. The van der Waals surface area contributed by atoms with Gasteiger partial charge < -0.3 is 15.2 Å². The molecule has 0 spiro atoms. The summed E-state index contributed by atoms with van der Waals surface area (Å²) >= 11 is 0. The highest BCUT2D eigenvalue weighted by molar-refractivity contribution is 7.89. The molecule has 0 radical (unpaired) electrons. The lowest BCUT2D eigenvalue weighted by atomic mass is 9.91. The van der Waals surface area contributed by atoms with Gasteiger partial charge in [0.15, 0.2) is 0 Å². The molecule has 1 amide bonds. The van der Waals surface area contributed by atoms with Crippen molar-refractivity contribution in [3.8, 4) is 0 Å². The van der Waals surface area contributed by atoms with Gasteiger partial charge in [0.2, 0.25) is 10.0 Å². The standard InChI is InChI=1S/C26H28N4O3S/c1-27-26(31)19-10-14-21(15-11-19)34(32,33)29-17-23(18-8-12-20(13-9-18)30(2)3)24-16-28-25-7-5-4-6-22(24)25/h4-16,23,28-29H,17H2,1-3H3,(H,27,31). The van der Waals surface area contributed by atoms with Crippen LogP contribution in [0, 0.1) is 0 Å². The maximum Gasteiger partial charge on any atom is 0.251 e. The number of aromatic amines is 1. The van der Waals surface area contributed by atoms with E-state index in [0.717, 1.165) is 27.7 Å². The van der Waals surface area contributed by atoms with E-state index in [0.29, 0.717) is 5.56 Å². The van der Waals surface area contributed by atoms with Crippen molar-refractivity contribution in [3.63, 3.8) is 0 Å². The molecule has 176 valence electrons. The maximum atomic E-state index is 13.1. The van der Waals surface area contributed by atoms with Gasteiger partial charge in [-0.05, 0) is 53.6 Å². The first-order valence-corrected chi connectivity index (χ1v) is 12.4. The van der Waals surface area contributed by atoms with Crippen LogP contribution in [-0.4, -0.2) is 47.0 Å². The summed E-state index contributed by atoms with van der Waals surface area (Å²) in [7, 11) is 1.72. The van der Waals surface area contributed by atoms with E-state index in [1.54, 1.807) is 0 Å². The minimum Gasteiger partial charge on any atom is -0.378 e. The molecule has 7 nitrogen and oxygen atoms in total. The van der Waals surface area contributed by atoms with Crippen LogP contribution in [0.15, 0.2) is 83.9 Å². The SMILES string of the molecule is CNC(=O)c1ccc(S(=O)(=O)NCC(c2ccc(N(C)C)cc2)c2c[nH]c3ccccc23)cc1. The molecular formula is C26H28N4O3S. The first-order valence-electron chi connectivity index (χ1n) is 11.0. The summed E-state index contributed by atoms with van der Waals surface area (Å²) in [5.41, 5.74) is 4.50. The molecule has 1 unspecified atom stereocenters. The minimum atomic E-state index is -3.78. The summed E-state index contributed by atoms with van der Waals surface area (Å²) in [5.74, 6) is -0.468. The molecule has 0 bridgehead atoms. The topological polar surface area (TPSA) is 94.3 Å². The van der Waals surface area contributed by atoms with Crippen molar-refractivity contribution in [1.29, 1.82) is 0 Å². The van der Waals surface area contributed by atoms with Gasteiger partial charge in [-0.25, -0.2) is 13.1 Å². The van der Waals surface area contributed by atoms with Gasteiger partial charge in [0, 0.05) is 62.0 Å². The van der Waals surface area contributed by atoms with Crippen LogP contribution in [0.5, 0.6) is 0 Å². The van der Waals surface area contributed by atoms with Gasteiger partial charge >= 0.3 is 0 Å². The van der Waals surface area contributed by atoms with Crippen LogP contribution in [0.3, 0.4) is 0 Å². The number of para-hydroxylation sites is 1. The number of nitrogens with zero attached hydrogens (tertiary/aromatic N) is 1. The Hall–Kier alpha value is -3.62. The van der Waals surface area contributed by atoms with E-state index in [-0.39, 0.29) is 23.3 Å². The quantitative estimate of drug-likeness (QED) is 0.361. The van der Waals surface area contributed by atoms with E-state index in [2.05, 4.69) is 15.0 Å². The molecule has 3 N–H and O–H groups in total. The molecule has 0 saturated heterocycles. The summed E-state index contributed by atoms with van der Waals surface area (Å²) in [4.78, 5) is 17.2. The van der Waals surface area contributed by atoms with Crippen LogP contribution in [0.25, 0.3) is 10.9 Å². The molecular weight excluding hydrogens is 448 g/mol. The highest BCUT2D eigenvalue weighted by atomic mass is 32.2. The number of carbonyl (C=O) groups is 1. The van der Waals surface area contributed by atoms with E-state index in [9.17, 15) is 13.2 Å². The Morgan fingerprint density at radius 3 is 2.29 bits per heavy atom. The summed E-state index contributed by atoms with van der Waals surface area (Å²) < 4.78 is 28.9. The Bertz CT molecular complexity index is 1390. The average Bonchev–Trinajstić information content (AvgIpc) is 3.28. The third-order valence-corrected chi connectivity index (χ3v) is 7.38. The molecule has 4 aromatic rings. The molecule has 0 aliphatic rings. The average molecular weight is 477 g/mol. The molecule has 8 heteroatoms. The second-order valence-electron chi connectivity index (χ2n) is 8.28. The Labute approximate surface area is 199 Å². The van der Waals surface area contributed by atoms with Crippen molar-refractivity contribution >= 4 is 32.5 Å². The summed E-state index contributed by atoms with van der Waals surface area (Å²) in [6, 6.07) is 22.0. The second-order valence-corrected chi connectivity index (χ2v) is 10.1. The Morgan fingerprint density at radius 1 is 0.971 bits per heavy atom. The monoisotopic (exact) mass is 476 g/mol. The number of rotatable bonds is 8. The van der Waals surface area contributed by atoms with Crippen LogP contribution in [0.2, 0.25) is 0 Å². The van der Waals surface area contributed by atoms with Crippen molar-refractivity contribution in [3.05, 3.63) is 95.7 Å². The zero-order valence-electron chi connectivity index (χ0n) is 19.4. The first kappa shape index (κ1) is 23.5. The molecule has 1 aromatic heterocycles. The smallest absolute Gasteiger partial charge is 0.251 e. The van der Waals surface area contributed by atoms with Crippen molar-refractivity contribution < 1.29 is 13.2 Å². The van der Waals surface area contributed by atoms with E-state index < -0.39 is 10.0 Å². The molecule has 0 aliphatic carbocycles. The molecule has 0 aliphatic heterocycles. The summed E-state index contributed by atoms with van der Waals surface area (Å²) in [6.07, 6.45) is 1.95. The van der Waals surface area contributed by atoms with Gasteiger partial charge in [0.25, 0.3) is 5.91 Å². The molecule has 0 saturated carbocycles. The molecule has 0 fully saturated rings. The largest absolute Gasteiger partial charge is 0.378 e. The van der Waals surface area contributed by atoms with Gasteiger partial charge in [-0.1, -0.05) is 30.3 Å². The number of benzene rings is 3. The Balaban J connectivity index is 1.65. The third kappa shape index (κ3) is 4.83. The van der Waals surface area contributed by atoms with E-state index >= 15 is 0 Å². The lowest BCUT2D eigenvalue weighted by Gasteiger charge is -2.20. The van der Waals surface area contributed by atoms with E-state index in [1.807, 2.05) is 73.7 Å². The number of hydrogen-bond acceptors (Lipinski definition) is 4. The number of H-pyrrole nitrogens is 1. The van der Waals surface area contributed by atoms with E-state index in [4.69, 9.17) is 0 Å². The number of fused-ring (bicyclic) bond motifs is 1. The molecule has 3 aromatic carbocycles. The normalized spacial score (nSPS) is 12.4. The molecule has 4 rings (SSSR count). The third-order valence-electron chi connectivity index (χ3n) is 5.94. The summed E-state index contributed by atoms with van der Waals surface area (Å²) in [6.45, 7) is 0.183. The fourth-order valence-electron chi connectivity index (χ4n) is 4.00. The van der Waals surface area contributed by atoms with Gasteiger partial charge in [-0.3, -0.25) is 4.79 Å². The van der Waals surface area contributed by atoms with Gasteiger partial charge in [-0.2, -0.15) is 0 Å². The number of sulfonamides is 1.